The quantitative estimate of drug-likeness (QED) is 0.757. The Morgan fingerprint density at radius 3 is 2.79 bits per heavy atom. The Balaban J connectivity index is 2.47. The van der Waals surface area contributed by atoms with Crippen LogP contribution in [0.5, 0.6) is 0 Å². The van der Waals surface area contributed by atoms with Crippen molar-refractivity contribution in [3.05, 3.63) is 32.6 Å². The molecule has 2 rings (SSSR count). The molecule has 0 radical (unpaired) electrons. The third kappa shape index (κ3) is 1.90. The van der Waals surface area contributed by atoms with Gasteiger partial charge in [-0.15, -0.1) is 0 Å². The summed E-state index contributed by atoms with van der Waals surface area (Å²) in [6, 6.07) is 5.65. The fraction of sp³-hybridized carbons (Fsp3) is 0.111. The van der Waals surface area contributed by atoms with Gasteiger partial charge in [0.1, 0.15) is 0 Å². The van der Waals surface area contributed by atoms with Crippen LogP contribution in [0.3, 0.4) is 0 Å². The van der Waals surface area contributed by atoms with E-state index in [-0.39, 0.29) is 0 Å². The van der Waals surface area contributed by atoms with E-state index in [1.54, 1.807) is 0 Å². The smallest absolute Gasteiger partial charge is 0.258 e. The zero-order valence-electron chi connectivity index (χ0n) is 7.29. The third-order valence-corrected chi connectivity index (χ3v) is 2.67. The van der Waals surface area contributed by atoms with E-state index in [0.717, 1.165) is 11.1 Å². The molecule has 5 heteroatoms. The minimum absolute atomic E-state index is 0.497. The molecule has 3 nitrogen and oxygen atoms in total. The largest absolute Gasteiger partial charge is 0.333 e. The summed E-state index contributed by atoms with van der Waals surface area (Å²) >= 11 is 7.97. The van der Waals surface area contributed by atoms with E-state index in [2.05, 4.69) is 10.1 Å². The zero-order chi connectivity index (χ0) is 10.1. The summed E-state index contributed by atoms with van der Waals surface area (Å²) in [7, 11) is 0. The number of benzene rings is 1. The summed E-state index contributed by atoms with van der Waals surface area (Å²) in [6.07, 6.45) is 0. The first kappa shape index (κ1) is 9.92. The minimum atomic E-state index is 0.497. The molecule has 0 N–H and O–H groups in total. The number of aromatic nitrogens is 2. The van der Waals surface area contributed by atoms with Gasteiger partial charge < -0.3 is 4.52 Å². The second-order valence-electron chi connectivity index (χ2n) is 2.83. The van der Waals surface area contributed by atoms with Gasteiger partial charge in [0.05, 0.1) is 0 Å². The van der Waals surface area contributed by atoms with Crippen LogP contribution < -0.4 is 0 Å². The fourth-order valence-corrected chi connectivity index (χ4v) is 1.55. The topological polar surface area (TPSA) is 38.9 Å². The van der Waals surface area contributed by atoms with Gasteiger partial charge >= 0.3 is 0 Å². The molecule has 0 saturated carbocycles. The Morgan fingerprint density at radius 2 is 2.21 bits per heavy atom. The Morgan fingerprint density at radius 1 is 1.43 bits per heavy atom. The van der Waals surface area contributed by atoms with E-state index in [0.29, 0.717) is 14.7 Å². The van der Waals surface area contributed by atoms with Crippen molar-refractivity contribution < 1.29 is 4.52 Å². The highest BCUT2D eigenvalue weighted by molar-refractivity contribution is 14.1. The van der Waals surface area contributed by atoms with Crippen molar-refractivity contribution >= 4 is 34.2 Å². The Kier molecular flexibility index (Phi) is 2.73. The van der Waals surface area contributed by atoms with Crippen molar-refractivity contribution in [2.75, 3.05) is 0 Å². The SMILES string of the molecule is Cc1ccc(-c2nc(I)no2)cc1Cl. The molecule has 0 bridgehead atoms. The number of halogens is 2. The van der Waals surface area contributed by atoms with E-state index in [4.69, 9.17) is 16.1 Å². The standard InChI is InChI=1S/C9H6ClIN2O/c1-5-2-3-6(4-7(5)10)8-12-9(11)13-14-8/h2-4H,1H3. The van der Waals surface area contributed by atoms with Gasteiger partial charge in [0.2, 0.25) is 3.83 Å². The van der Waals surface area contributed by atoms with Gasteiger partial charge in [0.25, 0.3) is 5.89 Å². The van der Waals surface area contributed by atoms with Gasteiger partial charge in [-0.2, -0.15) is 4.98 Å². The molecule has 0 atom stereocenters. The highest BCUT2D eigenvalue weighted by atomic mass is 127. The summed E-state index contributed by atoms with van der Waals surface area (Å²) in [5.41, 5.74) is 1.88. The van der Waals surface area contributed by atoms with E-state index in [1.165, 1.54) is 0 Å². The molecule has 0 spiro atoms. The maximum absolute atomic E-state index is 5.98. The Bertz CT molecular complexity index is 470. The number of rotatable bonds is 1. The summed E-state index contributed by atoms with van der Waals surface area (Å²) in [5, 5.41) is 4.41. The summed E-state index contributed by atoms with van der Waals surface area (Å²) in [5.74, 6) is 0.497. The first-order valence-electron chi connectivity index (χ1n) is 3.92. The highest BCUT2D eigenvalue weighted by Gasteiger charge is 2.07. The lowest BCUT2D eigenvalue weighted by molar-refractivity contribution is 0.426. The molecular formula is C9H6ClIN2O. The van der Waals surface area contributed by atoms with Crippen molar-refractivity contribution in [3.8, 4) is 11.5 Å². The van der Waals surface area contributed by atoms with Crippen molar-refractivity contribution in [1.82, 2.24) is 10.1 Å². The monoisotopic (exact) mass is 320 g/mol. The molecule has 0 amide bonds. The predicted molar refractivity (Wildman–Crippen MR) is 62.2 cm³/mol. The van der Waals surface area contributed by atoms with Gasteiger partial charge in [-0.25, -0.2) is 0 Å². The molecule has 0 fully saturated rings. The summed E-state index contributed by atoms with van der Waals surface area (Å²) in [6.45, 7) is 1.95. The van der Waals surface area contributed by atoms with Gasteiger partial charge in [-0.05, 0) is 24.6 Å². The normalized spacial score (nSPS) is 10.5. The molecule has 0 aliphatic rings. The van der Waals surface area contributed by atoms with Crippen molar-refractivity contribution in [2.24, 2.45) is 0 Å². The van der Waals surface area contributed by atoms with Crippen LogP contribution in [0.4, 0.5) is 0 Å². The molecule has 2 aromatic rings. The summed E-state index contributed by atoms with van der Waals surface area (Å²) in [4.78, 5) is 4.10. The van der Waals surface area contributed by atoms with Crippen LogP contribution in [0.15, 0.2) is 22.7 Å². The van der Waals surface area contributed by atoms with Crippen LogP contribution in [0.2, 0.25) is 5.02 Å². The maximum atomic E-state index is 5.98. The maximum Gasteiger partial charge on any atom is 0.258 e. The molecule has 0 aliphatic heterocycles. The highest BCUT2D eigenvalue weighted by Crippen LogP contribution is 2.23. The van der Waals surface area contributed by atoms with Crippen LogP contribution in [0.1, 0.15) is 5.56 Å². The van der Waals surface area contributed by atoms with E-state index in [1.807, 2.05) is 47.7 Å². The second kappa shape index (κ2) is 3.86. The van der Waals surface area contributed by atoms with Crippen LogP contribution in [-0.2, 0) is 0 Å². The first-order valence-corrected chi connectivity index (χ1v) is 5.38. The predicted octanol–water partition coefficient (Wildman–Crippen LogP) is 3.30. The molecule has 1 heterocycles. The molecule has 0 aliphatic carbocycles. The minimum Gasteiger partial charge on any atom is -0.333 e. The molecule has 0 unspecified atom stereocenters. The van der Waals surface area contributed by atoms with Gasteiger partial charge in [0.15, 0.2) is 0 Å². The Hall–Kier alpha value is -0.620. The number of hydrogen-bond donors (Lipinski definition) is 0. The number of nitrogens with zero attached hydrogens (tertiary/aromatic N) is 2. The second-order valence-corrected chi connectivity index (χ2v) is 4.20. The molecule has 72 valence electrons. The lowest BCUT2D eigenvalue weighted by atomic mass is 10.1. The molecule has 1 aromatic heterocycles. The van der Waals surface area contributed by atoms with Crippen molar-refractivity contribution in [3.63, 3.8) is 0 Å². The van der Waals surface area contributed by atoms with Crippen LogP contribution in [-0.4, -0.2) is 10.1 Å². The Labute approximate surface area is 99.6 Å². The molecular weight excluding hydrogens is 314 g/mol. The first-order chi connectivity index (χ1) is 6.66. The number of aryl methyl sites for hydroxylation is 1. The zero-order valence-corrected chi connectivity index (χ0v) is 10.2. The van der Waals surface area contributed by atoms with Gasteiger partial charge in [-0.1, -0.05) is 22.8 Å². The van der Waals surface area contributed by atoms with E-state index >= 15 is 0 Å². The van der Waals surface area contributed by atoms with Crippen molar-refractivity contribution in [2.45, 2.75) is 6.92 Å². The number of hydrogen-bond acceptors (Lipinski definition) is 3. The molecule has 1 aromatic carbocycles. The van der Waals surface area contributed by atoms with Gasteiger partial charge in [0, 0.05) is 33.2 Å². The molecule has 14 heavy (non-hydrogen) atoms. The van der Waals surface area contributed by atoms with Crippen molar-refractivity contribution in [1.29, 1.82) is 0 Å². The van der Waals surface area contributed by atoms with E-state index in [9.17, 15) is 0 Å². The van der Waals surface area contributed by atoms with Crippen LogP contribution in [0.25, 0.3) is 11.5 Å². The van der Waals surface area contributed by atoms with E-state index < -0.39 is 0 Å². The lowest BCUT2D eigenvalue weighted by Gasteiger charge is -1.98. The van der Waals surface area contributed by atoms with Crippen LogP contribution >= 0.6 is 34.2 Å². The fourth-order valence-electron chi connectivity index (χ4n) is 1.05. The third-order valence-electron chi connectivity index (χ3n) is 1.82. The molecule has 0 saturated heterocycles. The average molecular weight is 321 g/mol. The van der Waals surface area contributed by atoms with Crippen LogP contribution in [0, 0.1) is 10.8 Å². The lowest BCUT2D eigenvalue weighted by Crippen LogP contribution is -1.80. The average Bonchev–Trinajstić information content (AvgIpc) is 2.57. The van der Waals surface area contributed by atoms with Gasteiger partial charge in [-0.3, -0.25) is 0 Å². The summed E-state index contributed by atoms with van der Waals surface area (Å²) < 4.78 is 5.61.